The Morgan fingerprint density at radius 3 is 2.17 bits per heavy atom. The molecule has 3 aromatic rings. The fraction of sp³-hybridized carbons (Fsp3) is 0.355. The molecular weight excluding hydrogens is 561 g/mol. The fourth-order valence-corrected chi connectivity index (χ4v) is 5.19. The van der Waals surface area contributed by atoms with Crippen LogP contribution in [0.3, 0.4) is 0 Å². The largest absolute Gasteiger partial charge is 0.497 e. The van der Waals surface area contributed by atoms with Crippen LogP contribution in [-0.2, 0) is 32.6 Å². The molecule has 226 valence electrons. The summed E-state index contributed by atoms with van der Waals surface area (Å²) in [5.74, 6) is -0.711. The SMILES string of the molecule is COc1ccc(OC)c(N(CC(=O)N(Cc2ccc(F)cc2)C(Cc2ccccc2)C(=O)NCC(C)C)S(C)(=O)=O)c1. The number of carbonyl (C=O) groups excluding carboxylic acids is 2. The minimum Gasteiger partial charge on any atom is -0.497 e. The van der Waals surface area contributed by atoms with E-state index in [1.165, 1.54) is 49.5 Å². The summed E-state index contributed by atoms with van der Waals surface area (Å²) < 4.78 is 51.5. The Morgan fingerprint density at radius 2 is 1.60 bits per heavy atom. The van der Waals surface area contributed by atoms with Crippen molar-refractivity contribution in [3.63, 3.8) is 0 Å². The van der Waals surface area contributed by atoms with Crippen molar-refractivity contribution in [3.8, 4) is 11.5 Å². The third kappa shape index (κ3) is 8.94. The third-order valence-corrected chi connectivity index (χ3v) is 7.68. The standard InChI is InChI=1S/C31H38FN3O6S/c1-22(2)19-33-31(37)28(17-23-9-7-6-8-10-23)34(20-24-11-13-25(32)14-12-24)30(36)21-35(42(5,38)39)27-18-26(40-3)15-16-29(27)41-4/h6-16,18,22,28H,17,19-21H2,1-5H3,(H,33,37). The summed E-state index contributed by atoms with van der Waals surface area (Å²) in [5.41, 5.74) is 1.50. The number of anilines is 1. The minimum absolute atomic E-state index is 0.0570. The Hall–Kier alpha value is -4.12. The van der Waals surface area contributed by atoms with Gasteiger partial charge in [-0.3, -0.25) is 13.9 Å². The average Bonchev–Trinajstić information content (AvgIpc) is 2.96. The van der Waals surface area contributed by atoms with Gasteiger partial charge in [0.1, 0.15) is 29.9 Å². The van der Waals surface area contributed by atoms with Crippen molar-refractivity contribution in [2.75, 3.05) is 37.9 Å². The number of sulfonamides is 1. The number of benzene rings is 3. The lowest BCUT2D eigenvalue weighted by Gasteiger charge is -2.34. The summed E-state index contributed by atoms with van der Waals surface area (Å²) in [6.45, 7) is 3.63. The van der Waals surface area contributed by atoms with Gasteiger partial charge in [0, 0.05) is 25.6 Å². The molecule has 3 rings (SSSR count). The van der Waals surface area contributed by atoms with Crippen LogP contribution in [0.25, 0.3) is 0 Å². The van der Waals surface area contributed by atoms with Gasteiger partial charge in [-0.15, -0.1) is 0 Å². The Morgan fingerprint density at radius 1 is 0.929 bits per heavy atom. The van der Waals surface area contributed by atoms with Crippen LogP contribution >= 0.6 is 0 Å². The molecule has 1 unspecified atom stereocenters. The van der Waals surface area contributed by atoms with E-state index in [4.69, 9.17) is 9.47 Å². The van der Waals surface area contributed by atoms with Gasteiger partial charge in [0.15, 0.2) is 0 Å². The van der Waals surface area contributed by atoms with E-state index in [2.05, 4.69) is 5.32 Å². The molecule has 0 aliphatic carbocycles. The Kier molecular flexibility index (Phi) is 11.3. The number of amides is 2. The number of hydrogen-bond acceptors (Lipinski definition) is 6. The van der Waals surface area contributed by atoms with Crippen molar-refractivity contribution in [2.45, 2.75) is 32.9 Å². The number of ether oxygens (including phenoxy) is 2. The van der Waals surface area contributed by atoms with Gasteiger partial charge in [-0.25, -0.2) is 12.8 Å². The second kappa shape index (κ2) is 14.7. The molecule has 0 bridgehead atoms. The normalized spacial score (nSPS) is 12.0. The first-order valence-electron chi connectivity index (χ1n) is 13.5. The van der Waals surface area contributed by atoms with Crippen LogP contribution in [0.4, 0.5) is 10.1 Å². The Bertz CT molecular complexity index is 1450. The molecule has 0 spiro atoms. The van der Waals surface area contributed by atoms with E-state index in [0.29, 0.717) is 17.9 Å². The van der Waals surface area contributed by atoms with Crippen molar-refractivity contribution < 1.29 is 31.9 Å². The number of methoxy groups -OCH3 is 2. The molecule has 0 saturated heterocycles. The van der Waals surface area contributed by atoms with Crippen molar-refractivity contribution in [2.24, 2.45) is 5.92 Å². The molecule has 11 heteroatoms. The van der Waals surface area contributed by atoms with Crippen molar-refractivity contribution in [1.82, 2.24) is 10.2 Å². The molecule has 1 atom stereocenters. The van der Waals surface area contributed by atoms with Gasteiger partial charge >= 0.3 is 0 Å². The molecule has 3 aromatic carbocycles. The van der Waals surface area contributed by atoms with Crippen molar-refractivity contribution in [1.29, 1.82) is 0 Å². The monoisotopic (exact) mass is 599 g/mol. The second-order valence-electron chi connectivity index (χ2n) is 10.3. The molecule has 0 radical (unpaired) electrons. The van der Waals surface area contributed by atoms with Crippen LogP contribution in [0.5, 0.6) is 11.5 Å². The Labute approximate surface area is 247 Å². The maximum absolute atomic E-state index is 14.2. The summed E-state index contributed by atoms with van der Waals surface area (Å²) in [6, 6.07) is 18.5. The van der Waals surface area contributed by atoms with E-state index in [1.807, 2.05) is 44.2 Å². The number of nitrogens with zero attached hydrogens (tertiary/aromatic N) is 2. The van der Waals surface area contributed by atoms with Crippen LogP contribution in [-0.4, -0.2) is 64.7 Å². The molecule has 0 aromatic heterocycles. The van der Waals surface area contributed by atoms with E-state index in [1.54, 1.807) is 12.1 Å². The lowest BCUT2D eigenvalue weighted by Crippen LogP contribution is -2.53. The third-order valence-electron chi connectivity index (χ3n) is 6.56. The van der Waals surface area contributed by atoms with Gasteiger partial charge in [-0.2, -0.15) is 0 Å². The smallest absolute Gasteiger partial charge is 0.244 e. The molecule has 0 fully saturated rings. The summed E-state index contributed by atoms with van der Waals surface area (Å²) in [5, 5.41) is 2.92. The number of rotatable bonds is 14. The number of hydrogen-bond donors (Lipinski definition) is 1. The zero-order valence-electron chi connectivity index (χ0n) is 24.5. The van der Waals surface area contributed by atoms with Gasteiger partial charge in [0.25, 0.3) is 0 Å². The van der Waals surface area contributed by atoms with Crippen molar-refractivity contribution >= 4 is 27.5 Å². The fourth-order valence-electron chi connectivity index (χ4n) is 4.35. The molecule has 0 aliphatic heterocycles. The summed E-state index contributed by atoms with van der Waals surface area (Å²) in [4.78, 5) is 29.2. The van der Waals surface area contributed by atoms with E-state index in [-0.39, 0.29) is 36.2 Å². The second-order valence-corrected chi connectivity index (χ2v) is 12.2. The van der Waals surface area contributed by atoms with Crippen LogP contribution in [0.2, 0.25) is 0 Å². The van der Waals surface area contributed by atoms with Crippen LogP contribution in [0, 0.1) is 11.7 Å². The summed E-state index contributed by atoms with van der Waals surface area (Å²) in [7, 11) is -1.18. The first kappa shape index (κ1) is 32.4. The van der Waals surface area contributed by atoms with E-state index in [9.17, 15) is 22.4 Å². The predicted molar refractivity (Wildman–Crippen MR) is 160 cm³/mol. The predicted octanol–water partition coefficient (Wildman–Crippen LogP) is 4.02. The number of halogens is 1. The lowest BCUT2D eigenvalue weighted by molar-refractivity contribution is -0.140. The first-order valence-corrected chi connectivity index (χ1v) is 15.3. The van der Waals surface area contributed by atoms with Gasteiger partial charge < -0.3 is 19.7 Å². The zero-order valence-corrected chi connectivity index (χ0v) is 25.4. The van der Waals surface area contributed by atoms with E-state index in [0.717, 1.165) is 16.1 Å². The number of nitrogens with one attached hydrogen (secondary N) is 1. The van der Waals surface area contributed by atoms with Crippen LogP contribution < -0.4 is 19.1 Å². The van der Waals surface area contributed by atoms with Gasteiger partial charge in [0.2, 0.25) is 21.8 Å². The highest BCUT2D eigenvalue weighted by Gasteiger charge is 2.34. The molecule has 1 N–H and O–H groups in total. The van der Waals surface area contributed by atoms with E-state index < -0.39 is 34.3 Å². The van der Waals surface area contributed by atoms with Gasteiger partial charge in [0.05, 0.1) is 26.2 Å². The topological polar surface area (TPSA) is 105 Å². The molecule has 2 amide bonds. The van der Waals surface area contributed by atoms with Gasteiger partial charge in [-0.05, 0) is 41.3 Å². The molecule has 0 aliphatic rings. The highest BCUT2D eigenvalue weighted by Crippen LogP contribution is 2.34. The highest BCUT2D eigenvalue weighted by molar-refractivity contribution is 7.92. The van der Waals surface area contributed by atoms with E-state index >= 15 is 0 Å². The van der Waals surface area contributed by atoms with Crippen molar-refractivity contribution in [3.05, 3.63) is 89.7 Å². The zero-order chi connectivity index (χ0) is 30.9. The molecule has 9 nitrogen and oxygen atoms in total. The Balaban J connectivity index is 2.09. The molecular formula is C31H38FN3O6S. The highest BCUT2D eigenvalue weighted by atomic mass is 32.2. The maximum Gasteiger partial charge on any atom is 0.244 e. The maximum atomic E-state index is 14.2. The molecule has 0 saturated carbocycles. The first-order chi connectivity index (χ1) is 19.9. The molecule has 42 heavy (non-hydrogen) atoms. The van der Waals surface area contributed by atoms with Crippen LogP contribution in [0.15, 0.2) is 72.8 Å². The summed E-state index contributed by atoms with van der Waals surface area (Å²) >= 11 is 0. The van der Waals surface area contributed by atoms with Crippen LogP contribution in [0.1, 0.15) is 25.0 Å². The molecule has 0 heterocycles. The minimum atomic E-state index is -4.01. The van der Waals surface area contributed by atoms with Gasteiger partial charge in [-0.1, -0.05) is 56.3 Å². The quantitative estimate of drug-likeness (QED) is 0.300. The average molecular weight is 600 g/mol. The lowest BCUT2D eigenvalue weighted by atomic mass is 10.0. The summed E-state index contributed by atoms with van der Waals surface area (Å²) in [6.07, 6.45) is 1.17. The number of carbonyl (C=O) groups is 2.